The van der Waals surface area contributed by atoms with Gasteiger partial charge in [-0.05, 0) is 23.8 Å². The van der Waals surface area contributed by atoms with Gasteiger partial charge < -0.3 is 4.74 Å². The number of ether oxygens (including phenoxy) is 1. The Morgan fingerprint density at radius 2 is 1.80 bits per heavy atom. The van der Waals surface area contributed by atoms with Gasteiger partial charge >= 0.3 is 6.36 Å². The first-order valence-electron chi connectivity index (χ1n) is 3.93. The third-order valence-electron chi connectivity index (χ3n) is 1.56. The van der Waals surface area contributed by atoms with E-state index in [2.05, 4.69) is 11.3 Å². The molecule has 0 bridgehead atoms. The normalized spacial score (nSPS) is 10.9. The van der Waals surface area contributed by atoms with Gasteiger partial charge in [-0.2, -0.15) is 0 Å². The molecule has 2 nitrogen and oxygen atoms in total. The molecule has 0 unspecified atom stereocenters. The molecule has 0 aliphatic carbocycles. The van der Waals surface area contributed by atoms with E-state index in [-0.39, 0.29) is 5.56 Å². The molecule has 0 saturated carbocycles. The monoisotopic (exact) mass is 216 g/mol. The van der Waals surface area contributed by atoms with Crippen molar-refractivity contribution in [3.8, 4) is 5.75 Å². The zero-order valence-electron chi connectivity index (χ0n) is 7.54. The van der Waals surface area contributed by atoms with Gasteiger partial charge in [-0.25, -0.2) is 0 Å². The topological polar surface area (TPSA) is 26.3 Å². The van der Waals surface area contributed by atoms with Crippen molar-refractivity contribution in [2.45, 2.75) is 6.36 Å². The molecule has 0 atom stereocenters. The van der Waals surface area contributed by atoms with E-state index in [1.54, 1.807) is 0 Å². The molecule has 0 radical (unpaired) electrons. The quantitative estimate of drug-likeness (QED) is 0.726. The smallest absolute Gasteiger partial charge is 0.406 e. The van der Waals surface area contributed by atoms with Crippen LogP contribution in [0.4, 0.5) is 13.2 Å². The summed E-state index contributed by atoms with van der Waals surface area (Å²) >= 11 is 0. The summed E-state index contributed by atoms with van der Waals surface area (Å²) < 4.78 is 39.3. The summed E-state index contributed by atoms with van der Waals surface area (Å²) in [5, 5.41) is 0. The van der Waals surface area contributed by atoms with Crippen molar-refractivity contribution >= 4 is 12.4 Å². The van der Waals surface area contributed by atoms with Crippen LogP contribution in [-0.4, -0.2) is 12.6 Å². The van der Waals surface area contributed by atoms with Crippen LogP contribution in [0.5, 0.6) is 5.75 Å². The fraction of sp³-hybridized carbons (Fsp3) is 0.100. The molecule has 0 spiro atoms. The number of carbonyl (C=O) groups excluding carboxylic acids is 1. The van der Waals surface area contributed by atoms with Gasteiger partial charge in [0.2, 0.25) is 0 Å². The summed E-state index contributed by atoms with van der Waals surface area (Å²) in [4.78, 5) is 10.4. The number of carbonyl (C=O) groups is 1. The van der Waals surface area contributed by atoms with Gasteiger partial charge in [0.05, 0.1) is 0 Å². The second-order valence-electron chi connectivity index (χ2n) is 2.71. The Hall–Kier alpha value is -1.78. The van der Waals surface area contributed by atoms with E-state index >= 15 is 0 Å². The number of hydrogen-bond donors (Lipinski definition) is 0. The zero-order chi connectivity index (χ0) is 11.5. The van der Waals surface area contributed by atoms with Crippen LogP contribution < -0.4 is 4.74 Å². The van der Waals surface area contributed by atoms with Crippen molar-refractivity contribution in [3.05, 3.63) is 35.9 Å². The van der Waals surface area contributed by atoms with Gasteiger partial charge in [0.25, 0.3) is 0 Å². The Bertz CT molecular complexity index is 356. The minimum absolute atomic E-state index is 0.103. The van der Waals surface area contributed by atoms with E-state index in [1.807, 2.05) is 0 Å². The van der Waals surface area contributed by atoms with Crippen LogP contribution in [-0.2, 0) is 0 Å². The highest BCUT2D eigenvalue weighted by molar-refractivity contribution is 5.77. The third-order valence-corrected chi connectivity index (χ3v) is 1.56. The number of halogens is 3. The Labute approximate surface area is 84.0 Å². The summed E-state index contributed by atoms with van der Waals surface area (Å²) in [6, 6.07) is 3.56. The molecule has 0 saturated heterocycles. The van der Waals surface area contributed by atoms with Crippen molar-refractivity contribution in [1.82, 2.24) is 0 Å². The molecule has 0 N–H and O–H groups in total. The van der Waals surface area contributed by atoms with E-state index in [9.17, 15) is 18.0 Å². The van der Waals surface area contributed by atoms with Crippen LogP contribution in [0.15, 0.2) is 24.8 Å². The Kier molecular flexibility index (Phi) is 3.14. The highest BCUT2D eigenvalue weighted by atomic mass is 19.4. The zero-order valence-corrected chi connectivity index (χ0v) is 7.54. The van der Waals surface area contributed by atoms with E-state index in [4.69, 9.17) is 0 Å². The fourth-order valence-electron chi connectivity index (χ4n) is 1.02. The minimum Gasteiger partial charge on any atom is -0.406 e. The molecule has 0 aliphatic heterocycles. The number of benzene rings is 1. The summed E-state index contributed by atoms with van der Waals surface area (Å²) in [6.07, 6.45) is -2.99. The molecule has 15 heavy (non-hydrogen) atoms. The summed E-state index contributed by atoms with van der Waals surface area (Å²) in [5.41, 5.74) is 0.491. The molecular weight excluding hydrogens is 209 g/mol. The molecule has 0 amide bonds. The molecule has 0 aliphatic rings. The third kappa shape index (κ3) is 3.46. The van der Waals surface area contributed by atoms with Crippen molar-refractivity contribution < 1.29 is 22.7 Å². The summed E-state index contributed by atoms with van der Waals surface area (Å²) in [5.74, 6) is -0.429. The van der Waals surface area contributed by atoms with Crippen molar-refractivity contribution in [2.24, 2.45) is 0 Å². The van der Waals surface area contributed by atoms with Crippen molar-refractivity contribution in [3.63, 3.8) is 0 Å². The summed E-state index contributed by atoms with van der Waals surface area (Å²) in [6.45, 7) is 3.39. The predicted molar refractivity (Wildman–Crippen MR) is 48.6 cm³/mol. The first kappa shape index (κ1) is 11.3. The maximum atomic E-state index is 11.9. The molecule has 0 aromatic heterocycles. The lowest BCUT2D eigenvalue weighted by Crippen LogP contribution is -2.17. The second kappa shape index (κ2) is 4.16. The average molecular weight is 216 g/mol. The van der Waals surface area contributed by atoms with Gasteiger partial charge in [0.1, 0.15) is 12.0 Å². The minimum atomic E-state index is -4.76. The first-order valence-corrected chi connectivity index (χ1v) is 3.93. The van der Waals surface area contributed by atoms with Gasteiger partial charge in [-0.3, -0.25) is 4.79 Å². The molecule has 1 aromatic rings. The van der Waals surface area contributed by atoms with Crippen LogP contribution in [0.1, 0.15) is 15.9 Å². The Balaban J connectivity index is 3.07. The summed E-state index contributed by atoms with van der Waals surface area (Å²) in [7, 11) is 0. The SMILES string of the molecule is C=Cc1cc(C=O)cc(OC(F)(F)F)c1. The highest BCUT2D eigenvalue weighted by Gasteiger charge is 2.31. The largest absolute Gasteiger partial charge is 0.573 e. The first-order chi connectivity index (χ1) is 6.94. The molecule has 80 valence electrons. The average Bonchev–Trinajstić information content (AvgIpc) is 2.14. The molecule has 0 fully saturated rings. The van der Waals surface area contributed by atoms with Gasteiger partial charge in [0, 0.05) is 5.56 Å². The molecule has 5 heteroatoms. The van der Waals surface area contributed by atoms with Gasteiger partial charge in [0.15, 0.2) is 0 Å². The van der Waals surface area contributed by atoms with Crippen molar-refractivity contribution in [2.75, 3.05) is 0 Å². The van der Waals surface area contributed by atoms with Crippen LogP contribution in [0.25, 0.3) is 6.08 Å². The van der Waals surface area contributed by atoms with Gasteiger partial charge in [-0.15, -0.1) is 13.2 Å². The van der Waals surface area contributed by atoms with E-state index in [0.29, 0.717) is 11.8 Å². The Morgan fingerprint density at radius 3 is 2.27 bits per heavy atom. The molecular formula is C10H7F3O2. The van der Waals surface area contributed by atoms with Gasteiger partial charge in [-0.1, -0.05) is 12.7 Å². The molecule has 1 rings (SSSR count). The van der Waals surface area contributed by atoms with Crippen LogP contribution in [0.3, 0.4) is 0 Å². The number of rotatable bonds is 3. The Morgan fingerprint density at radius 1 is 1.20 bits per heavy atom. The maximum absolute atomic E-state index is 11.9. The number of aldehydes is 1. The molecule has 0 heterocycles. The number of alkyl halides is 3. The fourth-order valence-corrected chi connectivity index (χ4v) is 1.02. The lowest BCUT2D eigenvalue weighted by Gasteiger charge is -2.09. The van der Waals surface area contributed by atoms with Crippen LogP contribution >= 0.6 is 0 Å². The second-order valence-corrected chi connectivity index (χ2v) is 2.71. The van der Waals surface area contributed by atoms with Crippen LogP contribution in [0, 0.1) is 0 Å². The lowest BCUT2D eigenvalue weighted by atomic mass is 10.1. The van der Waals surface area contributed by atoms with Crippen LogP contribution in [0.2, 0.25) is 0 Å². The standard InChI is InChI=1S/C10H7F3O2/c1-2-7-3-8(6-14)5-9(4-7)15-10(11,12)13/h2-6H,1H2. The van der Waals surface area contributed by atoms with E-state index in [1.165, 1.54) is 12.1 Å². The predicted octanol–water partition coefficient (Wildman–Crippen LogP) is 3.04. The lowest BCUT2D eigenvalue weighted by molar-refractivity contribution is -0.274. The van der Waals surface area contributed by atoms with Crippen molar-refractivity contribution in [1.29, 1.82) is 0 Å². The highest BCUT2D eigenvalue weighted by Crippen LogP contribution is 2.24. The molecule has 1 aromatic carbocycles. The van der Waals surface area contributed by atoms with E-state index in [0.717, 1.165) is 12.1 Å². The number of hydrogen-bond acceptors (Lipinski definition) is 2. The maximum Gasteiger partial charge on any atom is 0.573 e. The van der Waals surface area contributed by atoms with E-state index < -0.39 is 12.1 Å².